The number of hydrogen-bond acceptors (Lipinski definition) is 6. The quantitative estimate of drug-likeness (QED) is 0.543. The minimum atomic E-state index is -4.43. The average molecular weight is 460 g/mol. The van der Waals surface area contributed by atoms with Gasteiger partial charge in [-0.3, -0.25) is 4.79 Å². The normalized spacial score (nSPS) is 13.8. The van der Waals surface area contributed by atoms with Gasteiger partial charge in [-0.2, -0.15) is 13.2 Å². The summed E-state index contributed by atoms with van der Waals surface area (Å²) in [5.74, 6) is -1.37. The molecule has 7 nitrogen and oxygen atoms in total. The Kier molecular flexibility index (Phi) is 6.11. The minimum Gasteiger partial charge on any atom is -0.452 e. The molecule has 12 heteroatoms. The molecule has 1 aliphatic rings. The lowest BCUT2D eigenvalue weighted by Crippen LogP contribution is -2.33. The third-order valence-electron chi connectivity index (χ3n) is 4.23. The number of nitrogens with two attached hydrogens (primary N) is 1. The van der Waals surface area contributed by atoms with Crippen molar-refractivity contribution in [1.82, 2.24) is 0 Å². The zero-order chi connectivity index (χ0) is 22.1. The van der Waals surface area contributed by atoms with E-state index in [1.807, 2.05) is 0 Å². The number of thioether (sulfide) groups is 1. The fraction of sp³-hybridized carbons (Fsp3) is 0.222. The Hall–Kier alpha value is -2.57. The number of anilines is 1. The number of halogens is 3. The first-order chi connectivity index (χ1) is 13.9. The van der Waals surface area contributed by atoms with Gasteiger partial charge in [-0.15, -0.1) is 0 Å². The molecule has 0 bridgehead atoms. The highest BCUT2D eigenvalue weighted by Crippen LogP contribution is 2.36. The second kappa shape index (κ2) is 8.28. The first kappa shape index (κ1) is 22.1. The van der Waals surface area contributed by atoms with E-state index >= 15 is 0 Å². The van der Waals surface area contributed by atoms with Gasteiger partial charge in [0.25, 0.3) is 5.91 Å². The van der Waals surface area contributed by atoms with E-state index in [1.54, 1.807) is 0 Å². The zero-order valence-corrected chi connectivity index (χ0v) is 16.8. The second-order valence-corrected chi connectivity index (χ2v) is 8.98. The fourth-order valence-corrected chi connectivity index (χ4v) is 4.00. The molecular weight excluding hydrogens is 445 g/mol. The number of sulfonamides is 1. The molecule has 0 fully saturated rings. The van der Waals surface area contributed by atoms with Crippen molar-refractivity contribution in [3.8, 4) is 0 Å². The monoisotopic (exact) mass is 460 g/mol. The number of primary sulfonamides is 1. The van der Waals surface area contributed by atoms with Crippen LogP contribution in [-0.2, 0) is 26.0 Å². The number of ether oxygens (including phenoxy) is 1. The molecule has 1 aliphatic heterocycles. The van der Waals surface area contributed by atoms with Crippen LogP contribution >= 0.6 is 11.8 Å². The molecule has 0 saturated carbocycles. The predicted molar refractivity (Wildman–Crippen MR) is 103 cm³/mol. The summed E-state index contributed by atoms with van der Waals surface area (Å²) < 4.78 is 64.8. The van der Waals surface area contributed by atoms with Crippen LogP contribution in [0.1, 0.15) is 15.9 Å². The maximum absolute atomic E-state index is 12.4. The molecule has 2 aromatic carbocycles. The summed E-state index contributed by atoms with van der Waals surface area (Å²) in [4.78, 5) is 25.7. The predicted octanol–water partition coefficient (Wildman–Crippen LogP) is 2.69. The summed E-state index contributed by atoms with van der Waals surface area (Å²) >= 11 is -0.306. The van der Waals surface area contributed by atoms with Crippen molar-refractivity contribution in [2.45, 2.75) is 21.7 Å². The van der Waals surface area contributed by atoms with Gasteiger partial charge in [-0.1, -0.05) is 0 Å². The first-order valence-electron chi connectivity index (χ1n) is 8.43. The van der Waals surface area contributed by atoms with E-state index in [0.29, 0.717) is 17.7 Å². The Morgan fingerprint density at radius 3 is 2.40 bits per heavy atom. The topological polar surface area (TPSA) is 107 Å². The van der Waals surface area contributed by atoms with Gasteiger partial charge < -0.3 is 9.64 Å². The second-order valence-electron chi connectivity index (χ2n) is 6.28. The Morgan fingerprint density at radius 2 is 1.80 bits per heavy atom. The van der Waals surface area contributed by atoms with Crippen molar-refractivity contribution in [3.63, 3.8) is 0 Å². The van der Waals surface area contributed by atoms with Crippen molar-refractivity contribution < 1.29 is 35.9 Å². The number of alkyl halides is 3. The Labute approximate surface area is 174 Å². The molecule has 30 heavy (non-hydrogen) atoms. The SMILES string of the molecule is NS(=O)(=O)c1ccc2c(c1)CCN2C(=O)COC(=O)c1ccc(SC(F)(F)F)cc1. The number of hydrogen-bond donors (Lipinski definition) is 1. The van der Waals surface area contributed by atoms with Crippen molar-refractivity contribution in [1.29, 1.82) is 0 Å². The van der Waals surface area contributed by atoms with Gasteiger partial charge in [0.15, 0.2) is 6.61 Å². The van der Waals surface area contributed by atoms with Gasteiger partial charge in [0.2, 0.25) is 10.0 Å². The van der Waals surface area contributed by atoms with E-state index in [2.05, 4.69) is 0 Å². The number of rotatable bonds is 5. The number of benzene rings is 2. The van der Waals surface area contributed by atoms with Crippen LogP contribution in [0.25, 0.3) is 0 Å². The van der Waals surface area contributed by atoms with Gasteiger partial charge in [-0.25, -0.2) is 18.4 Å². The lowest BCUT2D eigenvalue weighted by atomic mass is 10.2. The third-order valence-corrected chi connectivity index (χ3v) is 5.88. The van der Waals surface area contributed by atoms with Gasteiger partial charge in [0.1, 0.15) is 0 Å². The van der Waals surface area contributed by atoms with Gasteiger partial charge in [0, 0.05) is 17.1 Å². The molecule has 1 heterocycles. The number of esters is 1. The number of amides is 1. The van der Waals surface area contributed by atoms with E-state index in [0.717, 1.165) is 12.1 Å². The van der Waals surface area contributed by atoms with Crippen LogP contribution in [0.5, 0.6) is 0 Å². The Morgan fingerprint density at radius 1 is 1.13 bits per heavy atom. The molecule has 2 aromatic rings. The summed E-state index contributed by atoms with van der Waals surface area (Å²) in [7, 11) is -3.86. The fourth-order valence-electron chi connectivity index (χ4n) is 2.90. The average Bonchev–Trinajstić information content (AvgIpc) is 3.08. The van der Waals surface area contributed by atoms with Crippen molar-refractivity contribution >= 4 is 39.3 Å². The number of carbonyl (C=O) groups is 2. The highest BCUT2D eigenvalue weighted by Gasteiger charge is 2.29. The highest BCUT2D eigenvalue weighted by molar-refractivity contribution is 8.00. The largest absolute Gasteiger partial charge is 0.452 e. The summed E-state index contributed by atoms with van der Waals surface area (Å²) in [6.45, 7) is -0.294. The molecule has 0 saturated heterocycles. The lowest BCUT2D eigenvalue weighted by Gasteiger charge is -2.17. The summed E-state index contributed by atoms with van der Waals surface area (Å²) in [6, 6.07) is 8.77. The number of carbonyl (C=O) groups excluding carboxylic acids is 2. The molecule has 0 aromatic heterocycles. The summed E-state index contributed by atoms with van der Waals surface area (Å²) in [5.41, 5.74) is -3.31. The van der Waals surface area contributed by atoms with Crippen LogP contribution in [0.2, 0.25) is 0 Å². The molecule has 1 amide bonds. The molecular formula is C18H15F3N2O5S2. The van der Waals surface area contributed by atoms with Crippen LogP contribution < -0.4 is 10.0 Å². The van der Waals surface area contributed by atoms with E-state index < -0.39 is 34.0 Å². The number of fused-ring (bicyclic) bond motifs is 1. The minimum absolute atomic E-state index is 0.00828. The van der Waals surface area contributed by atoms with Gasteiger partial charge in [-0.05, 0) is 66.2 Å². The summed E-state index contributed by atoms with van der Waals surface area (Å²) in [5, 5.41) is 5.10. The maximum atomic E-state index is 12.4. The molecule has 2 N–H and O–H groups in total. The zero-order valence-electron chi connectivity index (χ0n) is 15.2. The van der Waals surface area contributed by atoms with Gasteiger partial charge in [0.05, 0.1) is 10.5 Å². The van der Waals surface area contributed by atoms with Crippen molar-refractivity contribution in [3.05, 3.63) is 53.6 Å². The molecule has 0 unspecified atom stereocenters. The maximum Gasteiger partial charge on any atom is 0.446 e. The smallest absolute Gasteiger partial charge is 0.446 e. The standard InChI is InChI=1S/C18H15F3N2O5S2/c19-18(20,21)29-13-3-1-11(2-4-13)17(25)28-10-16(24)23-8-7-12-9-14(30(22,26)27)5-6-15(12)23/h1-6,9H,7-8,10H2,(H2,22,26,27). The van der Waals surface area contributed by atoms with Crippen molar-refractivity contribution in [2.75, 3.05) is 18.1 Å². The Bertz CT molecular complexity index is 1090. The van der Waals surface area contributed by atoms with Crippen LogP contribution in [0.4, 0.5) is 18.9 Å². The van der Waals surface area contributed by atoms with Crippen LogP contribution in [0.15, 0.2) is 52.3 Å². The molecule has 160 valence electrons. The molecule has 0 aliphatic carbocycles. The first-order valence-corrected chi connectivity index (χ1v) is 10.8. The highest BCUT2D eigenvalue weighted by atomic mass is 32.2. The van der Waals surface area contributed by atoms with Crippen LogP contribution in [-0.4, -0.2) is 39.0 Å². The third kappa shape index (κ3) is 5.32. The van der Waals surface area contributed by atoms with Crippen LogP contribution in [0, 0.1) is 0 Å². The van der Waals surface area contributed by atoms with E-state index in [1.165, 1.54) is 35.2 Å². The number of nitrogens with zero attached hydrogens (tertiary/aromatic N) is 1. The van der Waals surface area contributed by atoms with E-state index in [-0.39, 0.29) is 33.7 Å². The van der Waals surface area contributed by atoms with Crippen molar-refractivity contribution in [2.24, 2.45) is 5.14 Å². The Balaban J connectivity index is 1.61. The summed E-state index contributed by atoms with van der Waals surface area (Å²) in [6.07, 6.45) is 0.413. The van der Waals surface area contributed by atoms with E-state index in [4.69, 9.17) is 9.88 Å². The van der Waals surface area contributed by atoms with E-state index in [9.17, 15) is 31.2 Å². The van der Waals surface area contributed by atoms with Crippen LogP contribution in [0.3, 0.4) is 0 Å². The molecule has 0 radical (unpaired) electrons. The molecule has 0 atom stereocenters. The van der Waals surface area contributed by atoms with Gasteiger partial charge >= 0.3 is 11.5 Å². The lowest BCUT2D eigenvalue weighted by molar-refractivity contribution is -0.121. The molecule has 0 spiro atoms. The molecule has 3 rings (SSSR count).